The third-order valence-corrected chi connectivity index (χ3v) is 8.47. The summed E-state index contributed by atoms with van der Waals surface area (Å²) in [5.74, 6) is -0.809. The third kappa shape index (κ3) is 38.5. The number of ketones is 1. The van der Waals surface area contributed by atoms with E-state index in [2.05, 4.69) is 60.9 Å². The molecule has 10 heteroatoms. The summed E-state index contributed by atoms with van der Waals surface area (Å²) in [4.78, 5) is 54.4. The predicted molar refractivity (Wildman–Crippen MR) is 207 cm³/mol. The van der Waals surface area contributed by atoms with Crippen molar-refractivity contribution in [3.8, 4) is 0 Å². The second kappa shape index (κ2) is 35.8. The Balaban J connectivity index is 4.08. The van der Waals surface area contributed by atoms with Gasteiger partial charge >= 0.3 is 19.8 Å². The van der Waals surface area contributed by atoms with E-state index in [9.17, 15) is 18.9 Å². The number of esters is 2. The van der Waals surface area contributed by atoms with Gasteiger partial charge in [0.1, 0.15) is 6.61 Å². The van der Waals surface area contributed by atoms with Crippen molar-refractivity contribution in [2.24, 2.45) is 0 Å². The van der Waals surface area contributed by atoms with Crippen LogP contribution in [-0.2, 0) is 32.9 Å². The number of phosphoric ester groups is 1. The number of unbranched alkanes of at least 4 members (excludes halogenated alkanes) is 14. The molecule has 0 rings (SSSR count). The number of allylic oxidation sites excluding steroid dienone is 10. The van der Waals surface area contributed by atoms with E-state index in [0.717, 1.165) is 89.9 Å². The maximum Gasteiger partial charge on any atom is 0.469 e. The fraction of sp³-hybridized carbons (Fsp3) is 0.683. The van der Waals surface area contributed by atoms with Crippen molar-refractivity contribution < 1.29 is 42.7 Å². The molecule has 51 heavy (non-hydrogen) atoms. The molecular formula is C41H69O9P. The van der Waals surface area contributed by atoms with Crippen LogP contribution in [0.15, 0.2) is 60.8 Å². The van der Waals surface area contributed by atoms with E-state index in [1.165, 1.54) is 25.7 Å². The summed E-state index contributed by atoms with van der Waals surface area (Å²) in [6.07, 6.45) is 40.6. The number of ether oxygens (including phenoxy) is 2. The van der Waals surface area contributed by atoms with Gasteiger partial charge < -0.3 is 19.3 Å². The van der Waals surface area contributed by atoms with Crippen LogP contribution in [0.5, 0.6) is 0 Å². The van der Waals surface area contributed by atoms with Gasteiger partial charge in [0, 0.05) is 19.3 Å². The highest BCUT2D eigenvalue weighted by Gasteiger charge is 2.22. The molecule has 0 heterocycles. The Morgan fingerprint density at radius 2 is 1.06 bits per heavy atom. The minimum absolute atomic E-state index is 0.153. The summed E-state index contributed by atoms with van der Waals surface area (Å²) in [7, 11) is -4.78. The van der Waals surface area contributed by atoms with Gasteiger partial charge in [-0.25, -0.2) is 4.57 Å². The van der Waals surface area contributed by atoms with Gasteiger partial charge in [-0.1, -0.05) is 126 Å². The molecule has 0 amide bonds. The van der Waals surface area contributed by atoms with E-state index in [0.29, 0.717) is 19.3 Å². The molecule has 0 aliphatic heterocycles. The number of hydrogen-bond acceptors (Lipinski definition) is 7. The van der Waals surface area contributed by atoms with Crippen molar-refractivity contribution in [1.29, 1.82) is 0 Å². The highest BCUT2D eigenvalue weighted by atomic mass is 31.2. The summed E-state index contributed by atoms with van der Waals surface area (Å²) in [5, 5.41) is 0. The molecule has 0 aliphatic rings. The standard InChI is InChI=1S/C41H69O9P/c1-3-5-7-8-9-10-11-12-13-14-15-16-17-20-23-26-30-34-40(43)48-36-39(37-49-51(45,46)47)50-41(44)35-31-27-24-21-18-19-22-25-29-33-38(42)32-28-6-4-2/h9-10,12-13,15-16,22,25,29,33,39H,3-8,11,14,17-21,23-24,26-28,30-32,34-37H2,1-2H3,(H2,45,46,47)/b10-9-,13-12-,16-15-,25-22-,33-29+/t39-/m1/s1. The summed E-state index contributed by atoms with van der Waals surface area (Å²) < 4.78 is 26.3. The fourth-order valence-corrected chi connectivity index (χ4v) is 5.37. The van der Waals surface area contributed by atoms with Crippen LogP contribution < -0.4 is 0 Å². The molecule has 0 fully saturated rings. The zero-order valence-corrected chi connectivity index (χ0v) is 32.6. The molecule has 0 saturated carbocycles. The Kier molecular flexibility index (Phi) is 34.0. The lowest BCUT2D eigenvalue weighted by atomic mass is 10.1. The SMILES string of the molecule is CCCCC/C=C\C/C=C\C/C=C\CCCCCCC(=O)OC[C@H](COP(=O)(O)O)OC(=O)CCCCCCC/C=C\C=C\C(=O)CCCCC. The molecule has 0 aromatic rings. The zero-order chi connectivity index (χ0) is 37.7. The molecule has 0 spiro atoms. The van der Waals surface area contributed by atoms with Gasteiger partial charge in [0.2, 0.25) is 0 Å². The lowest BCUT2D eigenvalue weighted by Gasteiger charge is -2.18. The first-order valence-corrected chi connectivity index (χ1v) is 21.1. The number of carbonyl (C=O) groups is 3. The molecule has 2 N–H and O–H groups in total. The van der Waals surface area contributed by atoms with E-state index >= 15 is 0 Å². The van der Waals surface area contributed by atoms with Gasteiger partial charge in [-0.15, -0.1) is 0 Å². The molecule has 292 valence electrons. The molecule has 0 aromatic heterocycles. The second-order valence-electron chi connectivity index (χ2n) is 12.9. The first-order chi connectivity index (χ1) is 24.7. The molecule has 1 atom stereocenters. The summed E-state index contributed by atoms with van der Waals surface area (Å²) in [6.45, 7) is 3.44. The lowest BCUT2D eigenvalue weighted by Crippen LogP contribution is -2.29. The van der Waals surface area contributed by atoms with Crippen molar-refractivity contribution in [2.45, 2.75) is 168 Å². The van der Waals surface area contributed by atoms with Crippen LogP contribution in [0.4, 0.5) is 0 Å². The van der Waals surface area contributed by atoms with E-state index in [1.807, 2.05) is 6.08 Å². The smallest absolute Gasteiger partial charge is 0.462 e. The largest absolute Gasteiger partial charge is 0.469 e. The van der Waals surface area contributed by atoms with Crippen LogP contribution in [-0.4, -0.2) is 46.8 Å². The van der Waals surface area contributed by atoms with Crippen molar-refractivity contribution in [2.75, 3.05) is 13.2 Å². The van der Waals surface area contributed by atoms with Crippen LogP contribution in [0.1, 0.15) is 162 Å². The van der Waals surface area contributed by atoms with E-state index in [4.69, 9.17) is 19.3 Å². The van der Waals surface area contributed by atoms with E-state index in [-0.39, 0.29) is 25.2 Å². The Morgan fingerprint density at radius 3 is 1.67 bits per heavy atom. The topological polar surface area (TPSA) is 136 Å². The van der Waals surface area contributed by atoms with Gasteiger partial charge in [-0.2, -0.15) is 0 Å². The number of rotatable bonds is 35. The molecule has 0 radical (unpaired) electrons. The minimum Gasteiger partial charge on any atom is -0.462 e. The van der Waals surface area contributed by atoms with Crippen LogP contribution in [0.25, 0.3) is 0 Å². The van der Waals surface area contributed by atoms with Crippen molar-refractivity contribution in [3.63, 3.8) is 0 Å². The average Bonchev–Trinajstić information content (AvgIpc) is 3.09. The molecule has 0 aromatic carbocycles. The zero-order valence-electron chi connectivity index (χ0n) is 31.7. The minimum atomic E-state index is -4.78. The van der Waals surface area contributed by atoms with Crippen molar-refractivity contribution in [1.82, 2.24) is 0 Å². The van der Waals surface area contributed by atoms with E-state index < -0.39 is 32.5 Å². The number of hydrogen-bond donors (Lipinski definition) is 2. The lowest BCUT2D eigenvalue weighted by molar-refractivity contribution is -0.161. The van der Waals surface area contributed by atoms with Gasteiger partial charge in [0.05, 0.1) is 6.61 Å². The highest BCUT2D eigenvalue weighted by molar-refractivity contribution is 7.46. The number of phosphoric acid groups is 1. The maximum atomic E-state index is 12.4. The first-order valence-electron chi connectivity index (χ1n) is 19.5. The van der Waals surface area contributed by atoms with Gasteiger partial charge in [-0.05, 0) is 76.7 Å². The molecular weight excluding hydrogens is 667 g/mol. The molecule has 0 bridgehead atoms. The normalized spacial score (nSPS) is 13.0. The summed E-state index contributed by atoms with van der Waals surface area (Å²) in [5.41, 5.74) is 0. The molecule has 9 nitrogen and oxygen atoms in total. The van der Waals surface area contributed by atoms with Crippen LogP contribution in [0.2, 0.25) is 0 Å². The molecule has 0 aliphatic carbocycles. The molecule has 0 unspecified atom stereocenters. The van der Waals surface area contributed by atoms with Gasteiger partial charge in [0.25, 0.3) is 0 Å². The Labute approximate surface area is 309 Å². The Morgan fingerprint density at radius 1 is 0.569 bits per heavy atom. The van der Waals surface area contributed by atoms with Crippen molar-refractivity contribution in [3.05, 3.63) is 60.8 Å². The van der Waals surface area contributed by atoms with Crippen LogP contribution in [0.3, 0.4) is 0 Å². The Hall–Kier alpha value is -2.58. The highest BCUT2D eigenvalue weighted by Crippen LogP contribution is 2.36. The second-order valence-corrected chi connectivity index (χ2v) is 14.2. The van der Waals surface area contributed by atoms with E-state index in [1.54, 1.807) is 12.2 Å². The first kappa shape index (κ1) is 48.4. The third-order valence-electron chi connectivity index (χ3n) is 7.99. The predicted octanol–water partition coefficient (Wildman–Crippen LogP) is 10.9. The van der Waals surface area contributed by atoms with Gasteiger partial charge in [0.15, 0.2) is 11.9 Å². The van der Waals surface area contributed by atoms with Crippen LogP contribution in [0, 0.1) is 0 Å². The molecule has 0 saturated heterocycles. The van der Waals surface area contributed by atoms with Crippen LogP contribution >= 0.6 is 7.82 Å². The number of carbonyl (C=O) groups excluding carboxylic acids is 3. The van der Waals surface area contributed by atoms with Gasteiger partial charge in [-0.3, -0.25) is 18.9 Å². The summed E-state index contributed by atoms with van der Waals surface area (Å²) in [6, 6.07) is 0. The Bertz CT molecular complexity index is 1070. The monoisotopic (exact) mass is 736 g/mol. The average molecular weight is 737 g/mol. The summed E-state index contributed by atoms with van der Waals surface area (Å²) >= 11 is 0. The fourth-order valence-electron chi connectivity index (χ4n) is 5.01. The maximum absolute atomic E-state index is 12.4. The van der Waals surface area contributed by atoms with Crippen molar-refractivity contribution >= 4 is 25.5 Å². The quantitative estimate of drug-likeness (QED) is 0.0163.